The van der Waals surface area contributed by atoms with Crippen LogP contribution in [0.5, 0.6) is 0 Å². The first-order chi connectivity index (χ1) is 12.3. The number of aromatic nitrogens is 2. The number of amides is 1. The van der Waals surface area contributed by atoms with Gasteiger partial charge in [0.1, 0.15) is 0 Å². The van der Waals surface area contributed by atoms with E-state index in [0.717, 1.165) is 42.7 Å². The third kappa shape index (κ3) is 3.31. The minimum Gasteiger partial charge on any atom is -0.355 e. The predicted octanol–water partition coefficient (Wildman–Crippen LogP) is 3.87. The van der Waals surface area contributed by atoms with Crippen LogP contribution in [0.25, 0.3) is 11.0 Å². The van der Waals surface area contributed by atoms with Crippen molar-refractivity contribution >= 4 is 28.4 Å². The molecule has 0 radical (unpaired) electrons. The molecule has 5 nitrogen and oxygen atoms in total. The Morgan fingerprint density at radius 1 is 0.840 bits per heavy atom. The van der Waals surface area contributed by atoms with Crippen LogP contribution in [-0.4, -0.2) is 29.0 Å². The standard InChI is InChI=1S/C20H20N4O/c25-20(21-15-9-3-1-4-10-15)18-19(24-13-7-2-8-14-24)23-17-12-6-5-11-16(17)22-18/h1,3-6,9-12H,2,7-8,13-14H2,(H,21,25). The van der Waals surface area contributed by atoms with Gasteiger partial charge in [-0.2, -0.15) is 0 Å². The van der Waals surface area contributed by atoms with Gasteiger partial charge in [-0.1, -0.05) is 30.3 Å². The van der Waals surface area contributed by atoms with Crippen LogP contribution in [0.2, 0.25) is 0 Å². The summed E-state index contributed by atoms with van der Waals surface area (Å²) >= 11 is 0. The molecule has 0 atom stereocenters. The molecule has 126 valence electrons. The molecule has 0 spiro atoms. The first-order valence-electron chi connectivity index (χ1n) is 8.69. The first-order valence-corrected chi connectivity index (χ1v) is 8.69. The SMILES string of the molecule is O=C(Nc1ccccc1)c1nc2ccccc2nc1N1CCCCC1. The molecule has 1 saturated heterocycles. The molecule has 25 heavy (non-hydrogen) atoms. The lowest BCUT2D eigenvalue weighted by atomic mass is 10.1. The van der Waals surface area contributed by atoms with E-state index < -0.39 is 0 Å². The van der Waals surface area contributed by atoms with Crippen LogP contribution >= 0.6 is 0 Å². The molecule has 2 heterocycles. The number of nitrogens with one attached hydrogen (secondary N) is 1. The molecule has 1 N–H and O–H groups in total. The Labute approximate surface area is 146 Å². The summed E-state index contributed by atoms with van der Waals surface area (Å²) in [5, 5.41) is 2.93. The van der Waals surface area contributed by atoms with Crippen LogP contribution in [0.1, 0.15) is 29.8 Å². The van der Waals surface area contributed by atoms with Gasteiger partial charge in [-0.15, -0.1) is 0 Å². The van der Waals surface area contributed by atoms with Gasteiger partial charge in [0, 0.05) is 18.8 Å². The Kier molecular flexibility index (Phi) is 4.29. The molecule has 2 aromatic carbocycles. The molecule has 0 saturated carbocycles. The van der Waals surface area contributed by atoms with Crippen LogP contribution < -0.4 is 10.2 Å². The molecule has 0 aliphatic carbocycles. The summed E-state index contributed by atoms with van der Waals surface area (Å²) in [4.78, 5) is 24.5. The summed E-state index contributed by atoms with van der Waals surface area (Å²) in [6.45, 7) is 1.83. The van der Waals surface area contributed by atoms with Crippen LogP contribution in [0, 0.1) is 0 Å². The van der Waals surface area contributed by atoms with Gasteiger partial charge in [0.25, 0.3) is 5.91 Å². The van der Waals surface area contributed by atoms with Crippen LogP contribution in [-0.2, 0) is 0 Å². The number of piperidine rings is 1. The second-order valence-electron chi connectivity index (χ2n) is 6.25. The van der Waals surface area contributed by atoms with Crippen LogP contribution in [0.4, 0.5) is 11.5 Å². The molecule has 3 aromatic rings. The monoisotopic (exact) mass is 332 g/mol. The molecule has 0 unspecified atom stereocenters. The van der Waals surface area contributed by atoms with E-state index in [1.54, 1.807) is 0 Å². The Hall–Kier alpha value is -2.95. The Balaban J connectivity index is 1.75. The van der Waals surface area contributed by atoms with Gasteiger partial charge >= 0.3 is 0 Å². The zero-order chi connectivity index (χ0) is 17.1. The van der Waals surface area contributed by atoms with E-state index in [4.69, 9.17) is 4.98 Å². The van der Waals surface area contributed by atoms with Crippen molar-refractivity contribution in [3.8, 4) is 0 Å². The summed E-state index contributed by atoms with van der Waals surface area (Å²) in [6, 6.07) is 17.1. The number of nitrogens with zero attached hydrogens (tertiary/aromatic N) is 3. The molecule has 0 bridgehead atoms. The van der Waals surface area contributed by atoms with Crippen molar-refractivity contribution in [2.24, 2.45) is 0 Å². The summed E-state index contributed by atoms with van der Waals surface area (Å²) in [5.41, 5.74) is 2.71. The molecule has 1 fully saturated rings. The fourth-order valence-electron chi connectivity index (χ4n) is 3.18. The van der Waals surface area contributed by atoms with Gasteiger partial charge in [-0.05, 0) is 43.5 Å². The molecule has 1 aliphatic heterocycles. The normalized spacial score (nSPS) is 14.5. The number of fused-ring (bicyclic) bond motifs is 1. The maximum absolute atomic E-state index is 12.9. The number of anilines is 2. The van der Waals surface area contributed by atoms with E-state index in [0.29, 0.717) is 11.5 Å². The lowest BCUT2D eigenvalue weighted by Crippen LogP contribution is -2.33. The van der Waals surface area contributed by atoms with E-state index in [2.05, 4.69) is 15.2 Å². The molecule has 1 aliphatic rings. The minimum absolute atomic E-state index is 0.218. The summed E-state index contributed by atoms with van der Waals surface area (Å²) in [5.74, 6) is 0.469. The van der Waals surface area contributed by atoms with Crippen molar-refractivity contribution in [2.45, 2.75) is 19.3 Å². The maximum atomic E-state index is 12.9. The largest absolute Gasteiger partial charge is 0.355 e. The average molecular weight is 332 g/mol. The fraction of sp³-hybridized carbons (Fsp3) is 0.250. The van der Waals surface area contributed by atoms with Crippen LogP contribution in [0.15, 0.2) is 54.6 Å². The van der Waals surface area contributed by atoms with E-state index in [-0.39, 0.29) is 5.91 Å². The van der Waals surface area contributed by atoms with Crippen molar-refractivity contribution in [3.05, 3.63) is 60.3 Å². The van der Waals surface area contributed by atoms with Crippen molar-refractivity contribution in [3.63, 3.8) is 0 Å². The lowest BCUT2D eigenvalue weighted by Gasteiger charge is -2.29. The quantitative estimate of drug-likeness (QED) is 0.791. The molecular weight excluding hydrogens is 312 g/mol. The molecular formula is C20H20N4O. The molecule has 1 amide bonds. The van der Waals surface area contributed by atoms with Gasteiger partial charge in [-0.3, -0.25) is 4.79 Å². The molecule has 4 rings (SSSR count). The highest BCUT2D eigenvalue weighted by molar-refractivity contribution is 6.07. The Morgan fingerprint density at radius 2 is 1.48 bits per heavy atom. The van der Waals surface area contributed by atoms with Gasteiger partial charge in [0.2, 0.25) is 0 Å². The summed E-state index contributed by atoms with van der Waals surface area (Å²) in [6.07, 6.45) is 3.46. The third-order valence-electron chi connectivity index (χ3n) is 4.45. The zero-order valence-electron chi connectivity index (χ0n) is 14.0. The van der Waals surface area contributed by atoms with Gasteiger partial charge in [0.15, 0.2) is 11.5 Å². The molecule has 1 aromatic heterocycles. The van der Waals surface area contributed by atoms with Gasteiger partial charge in [-0.25, -0.2) is 9.97 Å². The Bertz CT molecular complexity index is 889. The number of hydrogen-bond acceptors (Lipinski definition) is 4. The fourth-order valence-corrected chi connectivity index (χ4v) is 3.18. The average Bonchev–Trinajstić information content (AvgIpc) is 2.68. The highest BCUT2D eigenvalue weighted by atomic mass is 16.1. The topological polar surface area (TPSA) is 58.1 Å². The van der Waals surface area contributed by atoms with Crippen molar-refractivity contribution in [2.75, 3.05) is 23.3 Å². The van der Waals surface area contributed by atoms with Gasteiger partial charge in [0.05, 0.1) is 11.0 Å². The van der Waals surface area contributed by atoms with Crippen molar-refractivity contribution < 1.29 is 4.79 Å². The third-order valence-corrected chi connectivity index (χ3v) is 4.45. The number of carbonyl (C=O) groups excluding carboxylic acids is 1. The van der Waals surface area contributed by atoms with Gasteiger partial charge < -0.3 is 10.2 Å². The second-order valence-corrected chi connectivity index (χ2v) is 6.25. The van der Waals surface area contributed by atoms with E-state index in [1.807, 2.05) is 54.6 Å². The summed E-state index contributed by atoms with van der Waals surface area (Å²) < 4.78 is 0. The smallest absolute Gasteiger partial charge is 0.278 e. The number of hydrogen-bond donors (Lipinski definition) is 1. The zero-order valence-corrected chi connectivity index (χ0v) is 14.0. The number of para-hydroxylation sites is 3. The van der Waals surface area contributed by atoms with E-state index in [1.165, 1.54) is 6.42 Å². The first kappa shape index (κ1) is 15.6. The number of carbonyl (C=O) groups is 1. The highest BCUT2D eigenvalue weighted by Crippen LogP contribution is 2.24. The van der Waals surface area contributed by atoms with Crippen molar-refractivity contribution in [1.29, 1.82) is 0 Å². The maximum Gasteiger partial charge on any atom is 0.278 e. The van der Waals surface area contributed by atoms with Crippen LogP contribution in [0.3, 0.4) is 0 Å². The van der Waals surface area contributed by atoms with E-state index >= 15 is 0 Å². The number of rotatable bonds is 3. The predicted molar refractivity (Wildman–Crippen MR) is 100.0 cm³/mol. The van der Waals surface area contributed by atoms with Crippen molar-refractivity contribution in [1.82, 2.24) is 9.97 Å². The molecule has 5 heteroatoms. The highest BCUT2D eigenvalue weighted by Gasteiger charge is 2.22. The Morgan fingerprint density at radius 3 is 2.20 bits per heavy atom. The second kappa shape index (κ2) is 6.89. The lowest BCUT2D eigenvalue weighted by molar-refractivity contribution is 0.102. The minimum atomic E-state index is -0.218. The van der Waals surface area contributed by atoms with E-state index in [9.17, 15) is 4.79 Å². The number of benzene rings is 2. The summed E-state index contributed by atoms with van der Waals surface area (Å²) in [7, 11) is 0.